The van der Waals surface area contributed by atoms with E-state index in [0.717, 1.165) is 12.1 Å². The summed E-state index contributed by atoms with van der Waals surface area (Å²) in [5, 5.41) is 6.49. The minimum absolute atomic E-state index is 0.810. The second-order valence-corrected chi connectivity index (χ2v) is 6.00. The van der Waals surface area contributed by atoms with Crippen LogP contribution in [0.25, 0.3) is 0 Å². The van der Waals surface area contributed by atoms with Crippen molar-refractivity contribution in [3.8, 4) is 0 Å². The molecule has 0 saturated carbocycles. The first-order valence-corrected chi connectivity index (χ1v) is 7.67. The summed E-state index contributed by atoms with van der Waals surface area (Å²) < 4.78 is 0. The first-order chi connectivity index (χ1) is 6.86. The Bertz CT molecular complexity index is 116. The molecule has 2 nitrogen and oxygen atoms in total. The monoisotopic (exact) mass is 234 g/mol. The largest absolute Gasteiger partial charge is 0.316 e. The molecule has 2 aliphatic rings. The molecule has 0 bridgehead atoms. The minimum Gasteiger partial charge on any atom is -0.316 e. The Balaban J connectivity index is 0.000000140. The SMILES string of the molecule is CNC1CCSC1.CNC1CCSC1. The van der Waals surface area contributed by atoms with Gasteiger partial charge in [-0.25, -0.2) is 0 Å². The van der Waals surface area contributed by atoms with Crippen molar-refractivity contribution in [2.45, 2.75) is 24.9 Å². The van der Waals surface area contributed by atoms with Crippen LogP contribution in [0.3, 0.4) is 0 Å². The average Bonchev–Trinajstić information content (AvgIpc) is 2.92. The summed E-state index contributed by atoms with van der Waals surface area (Å²) in [6, 6.07) is 1.62. The van der Waals surface area contributed by atoms with Crippen LogP contribution >= 0.6 is 23.5 Å². The normalized spacial score (nSPS) is 31.3. The number of rotatable bonds is 2. The first kappa shape index (κ1) is 12.7. The maximum atomic E-state index is 3.24. The molecule has 2 saturated heterocycles. The van der Waals surface area contributed by atoms with Crippen LogP contribution in [0.5, 0.6) is 0 Å². The topological polar surface area (TPSA) is 24.1 Å². The first-order valence-electron chi connectivity index (χ1n) is 5.37. The lowest BCUT2D eigenvalue weighted by molar-refractivity contribution is 0.624. The van der Waals surface area contributed by atoms with Gasteiger partial charge in [-0.3, -0.25) is 0 Å². The van der Waals surface area contributed by atoms with Crippen molar-refractivity contribution in [3.63, 3.8) is 0 Å². The quantitative estimate of drug-likeness (QED) is 0.755. The fourth-order valence-corrected chi connectivity index (χ4v) is 4.00. The summed E-state index contributed by atoms with van der Waals surface area (Å²) in [6.07, 6.45) is 2.72. The molecular weight excluding hydrogens is 212 g/mol. The van der Waals surface area contributed by atoms with E-state index in [-0.39, 0.29) is 0 Å². The van der Waals surface area contributed by atoms with Crippen LogP contribution in [-0.4, -0.2) is 49.2 Å². The van der Waals surface area contributed by atoms with E-state index in [0.29, 0.717) is 0 Å². The molecule has 2 N–H and O–H groups in total. The predicted molar refractivity (Wildman–Crippen MR) is 69.6 cm³/mol. The summed E-state index contributed by atoms with van der Waals surface area (Å²) >= 11 is 4.09. The van der Waals surface area contributed by atoms with Gasteiger partial charge in [0, 0.05) is 23.6 Å². The third kappa shape index (κ3) is 4.91. The van der Waals surface area contributed by atoms with Crippen LogP contribution in [0.2, 0.25) is 0 Å². The highest BCUT2D eigenvalue weighted by Crippen LogP contribution is 2.16. The Morgan fingerprint density at radius 2 is 1.29 bits per heavy atom. The van der Waals surface area contributed by atoms with Crippen LogP contribution in [0.1, 0.15) is 12.8 Å². The molecule has 2 atom stereocenters. The molecule has 0 aromatic carbocycles. The third-order valence-electron chi connectivity index (χ3n) is 2.68. The van der Waals surface area contributed by atoms with Gasteiger partial charge >= 0.3 is 0 Å². The molecule has 0 spiro atoms. The van der Waals surface area contributed by atoms with E-state index in [2.05, 4.69) is 10.6 Å². The van der Waals surface area contributed by atoms with Crippen molar-refractivity contribution < 1.29 is 0 Å². The van der Waals surface area contributed by atoms with Gasteiger partial charge in [-0.05, 0) is 38.4 Å². The molecule has 2 unspecified atom stereocenters. The highest BCUT2D eigenvalue weighted by atomic mass is 32.2. The van der Waals surface area contributed by atoms with E-state index >= 15 is 0 Å². The standard InChI is InChI=1S/2C5H11NS/c2*1-6-5-2-3-7-4-5/h2*5-6H,2-4H2,1H3. The van der Waals surface area contributed by atoms with E-state index < -0.39 is 0 Å². The number of hydrogen-bond acceptors (Lipinski definition) is 4. The predicted octanol–water partition coefficient (Wildman–Crippen LogP) is 1.42. The lowest BCUT2D eigenvalue weighted by Gasteiger charge is -2.02. The summed E-state index contributed by atoms with van der Waals surface area (Å²) in [4.78, 5) is 0. The second-order valence-electron chi connectivity index (χ2n) is 3.70. The second kappa shape index (κ2) is 7.85. The Kier molecular flexibility index (Phi) is 7.12. The molecule has 0 radical (unpaired) electrons. The van der Waals surface area contributed by atoms with Gasteiger partial charge in [0.25, 0.3) is 0 Å². The lowest BCUT2D eigenvalue weighted by Crippen LogP contribution is -2.23. The fraction of sp³-hybridized carbons (Fsp3) is 1.00. The van der Waals surface area contributed by atoms with E-state index in [1.165, 1.54) is 35.9 Å². The lowest BCUT2D eigenvalue weighted by atomic mass is 10.3. The van der Waals surface area contributed by atoms with Crippen LogP contribution in [-0.2, 0) is 0 Å². The van der Waals surface area contributed by atoms with Gasteiger partial charge in [0.05, 0.1) is 0 Å². The summed E-state index contributed by atoms with van der Waals surface area (Å²) in [6.45, 7) is 0. The van der Waals surface area contributed by atoms with Gasteiger partial charge < -0.3 is 10.6 Å². The van der Waals surface area contributed by atoms with E-state index in [9.17, 15) is 0 Å². The molecule has 0 aliphatic carbocycles. The molecule has 0 aromatic heterocycles. The van der Waals surface area contributed by atoms with Gasteiger partial charge in [0.15, 0.2) is 0 Å². The fourth-order valence-electron chi connectivity index (χ4n) is 1.52. The summed E-state index contributed by atoms with van der Waals surface area (Å²) in [5.41, 5.74) is 0. The third-order valence-corrected chi connectivity index (χ3v) is 5.00. The van der Waals surface area contributed by atoms with E-state index in [1.807, 2.05) is 37.6 Å². The molecule has 2 rings (SSSR count). The molecule has 0 amide bonds. The van der Waals surface area contributed by atoms with Crippen LogP contribution in [0.4, 0.5) is 0 Å². The van der Waals surface area contributed by atoms with E-state index in [4.69, 9.17) is 0 Å². The minimum atomic E-state index is 0.810. The zero-order valence-corrected chi connectivity index (χ0v) is 10.8. The maximum absolute atomic E-state index is 3.24. The van der Waals surface area contributed by atoms with Gasteiger partial charge in [-0.15, -0.1) is 0 Å². The van der Waals surface area contributed by atoms with Crippen molar-refractivity contribution in [1.82, 2.24) is 10.6 Å². The highest BCUT2D eigenvalue weighted by molar-refractivity contribution is 7.99. The van der Waals surface area contributed by atoms with Gasteiger partial charge in [-0.1, -0.05) is 0 Å². The zero-order chi connectivity index (χ0) is 10.2. The van der Waals surface area contributed by atoms with Crippen LogP contribution < -0.4 is 10.6 Å². The molecule has 2 heterocycles. The molecule has 4 heteroatoms. The maximum Gasteiger partial charge on any atom is 0.0163 e. The van der Waals surface area contributed by atoms with Crippen molar-refractivity contribution in [2.24, 2.45) is 0 Å². The zero-order valence-electron chi connectivity index (χ0n) is 9.21. The van der Waals surface area contributed by atoms with Crippen molar-refractivity contribution in [2.75, 3.05) is 37.1 Å². The van der Waals surface area contributed by atoms with Gasteiger partial charge in [0.2, 0.25) is 0 Å². The summed E-state index contributed by atoms with van der Waals surface area (Å²) in [7, 11) is 4.08. The number of hydrogen-bond donors (Lipinski definition) is 2. The van der Waals surface area contributed by atoms with Gasteiger partial charge in [0.1, 0.15) is 0 Å². The summed E-state index contributed by atoms with van der Waals surface area (Å²) in [5.74, 6) is 5.34. The Morgan fingerprint density at radius 3 is 1.43 bits per heavy atom. The smallest absolute Gasteiger partial charge is 0.0163 e. The number of thioether (sulfide) groups is 2. The molecule has 84 valence electrons. The Labute approximate surface area is 96.4 Å². The van der Waals surface area contributed by atoms with Gasteiger partial charge in [-0.2, -0.15) is 23.5 Å². The average molecular weight is 234 g/mol. The molecule has 2 fully saturated rings. The van der Waals surface area contributed by atoms with E-state index in [1.54, 1.807) is 0 Å². The molecule has 2 aliphatic heterocycles. The highest BCUT2D eigenvalue weighted by Gasteiger charge is 2.11. The Morgan fingerprint density at radius 1 is 0.857 bits per heavy atom. The van der Waals surface area contributed by atoms with Crippen molar-refractivity contribution >= 4 is 23.5 Å². The number of nitrogens with one attached hydrogen (secondary N) is 2. The Hall–Kier alpha value is 0.620. The molecule has 14 heavy (non-hydrogen) atoms. The molecular formula is C10H22N2S2. The van der Waals surface area contributed by atoms with Crippen molar-refractivity contribution in [1.29, 1.82) is 0 Å². The van der Waals surface area contributed by atoms with Crippen LogP contribution in [0.15, 0.2) is 0 Å². The van der Waals surface area contributed by atoms with Crippen molar-refractivity contribution in [3.05, 3.63) is 0 Å². The molecule has 0 aromatic rings. The van der Waals surface area contributed by atoms with Crippen LogP contribution in [0, 0.1) is 0 Å².